The summed E-state index contributed by atoms with van der Waals surface area (Å²) in [4.78, 5) is 11.7. The highest BCUT2D eigenvalue weighted by Crippen LogP contribution is 2.29. The zero-order valence-corrected chi connectivity index (χ0v) is 20.4. The van der Waals surface area contributed by atoms with E-state index in [0.29, 0.717) is 17.9 Å². The Morgan fingerprint density at radius 3 is 2.70 bits per heavy atom. The number of aliphatic hydroxyl groups is 1. The van der Waals surface area contributed by atoms with E-state index in [4.69, 9.17) is 23.4 Å². The van der Waals surface area contributed by atoms with E-state index in [-0.39, 0.29) is 18.8 Å². The molecule has 2 aromatic carbocycles. The van der Waals surface area contributed by atoms with Crippen LogP contribution in [-0.4, -0.2) is 50.0 Å². The molecule has 2 unspecified atom stereocenters. The van der Waals surface area contributed by atoms with Crippen LogP contribution in [-0.2, 0) is 18.9 Å². The van der Waals surface area contributed by atoms with Crippen LogP contribution in [0, 0.1) is 3.57 Å². The second-order valence-corrected chi connectivity index (χ2v) is 8.92. The molecule has 0 amide bonds. The standard InChI is InChI=1S/C24H26INO7/c1-14-21(13-30-23(31-14)15-6-4-3-5-7-15)33-24(29-2)19(12-27)26-16-8-9-17-18(25)11-22(28)32-20(17)10-16/h3-11,14,19,21,23-24,26-27H,12-13H2,1-2H3/t14-,19-,21?,23?,24-/m0/s1. The summed E-state index contributed by atoms with van der Waals surface area (Å²) in [6.45, 7) is 1.99. The van der Waals surface area contributed by atoms with Crippen molar-refractivity contribution in [3.63, 3.8) is 0 Å². The molecule has 0 saturated carbocycles. The van der Waals surface area contributed by atoms with Crippen molar-refractivity contribution in [1.29, 1.82) is 0 Å². The highest BCUT2D eigenvalue weighted by Gasteiger charge is 2.34. The van der Waals surface area contributed by atoms with Gasteiger partial charge in [-0.1, -0.05) is 30.3 Å². The first-order chi connectivity index (χ1) is 16.0. The van der Waals surface area contributed by atoms with Gasteiger partial charge in [0.05, 0.1) is 19.3 Å². The first-order valence-electron chi connectivity index (χ1n) is 10.6. The molecule has 1 aliphatic heterocycles. The third-order valence-electron chi connectivity index (χ3n) is 5.46. The van der Waals surface area contributed by atoms with Gasteiger partial charge in [0, 0.05) is 39.4 Å². The molecule has 0 aliphatic carbocycles. The Bertz CT molecular complexity index is 1120. The maximum Gasteiger partial charge on any atom is 0.337 e. The van der Waals surface area contributed by atoms with Crippen molar-refractivity contribution in [2.24, 2.45) is 0 Å². The number of aliphatic hydroxyl groups excluding tert-OH is 1. The molecular formula is C24H26INO7. The topological polar surface area (TPSA) is 99.4 Å². The molecule has 9 heteroatoms. The number of nitrogens with one attached hydrogen (secondary N) is 1. The number of hydrogen-bond acceptors (Lipinski definition) is 8. The van der Waals surface area contributed by atoms with E-state index in [0.717, 1.165) is 14.5 Å². The van der Waals surface area contributed by atoms with Crippen molar-refractivity contribution in [3.8, 4) is 0 Å². The molecule has 176 valence electrons. The van der Waals surface area contributed by atoms with Gasteiger partial charge in [-0.3, -0.25) is 0 Å². The smallest absolute Gasteiger partial charge is 0.337 e. The number of fused-ring (bicyclic) bond motifs is 1. The van der Waals surface area contributed by atoms with E-state index in [1.54, 1.807) is 6.07 Å². The summed E-state index contributed by atoms with van der Waals surface area (Å²) < 4.78 is 29.6. The number of hydrogen-bond donors (Lipinski definition) is 2. The summed E-state index contributed by atoms with van der Waals surface area (Å²) in [6, 6.07) is 16.0. The molecule has 0 spiro atoms. The van der Waals surface area contributed by atoms with E-state index in [9.17, 15) is 9.90 Å². The first-order valence-corrected chi connectivity index (χ1v) is 11.7. The highest BCUT2D eigenvalue weighted by molar-refractivity contribution is 14.1. The Hall–Kier alpha value is -2.02. The quantitative estimate of drug-likeness (QED) is 0.242. The van der Waals surface area contributed by atoms with Crippen LogP contribution in [0.4, 0.5) is 5.69 Å². The molecule has 8 nitrogen and oxygen atoms in total. The van der Waals surface area contributed by atoms with Gasteiger partial charge in [0.25, 0.3) is 0 Å². The summed E-state index contributed by atoms with van der Waals surface area (Å²) >= 11 is 2.10. The summed E-state index contributed by atoms with van der Waals surface area (Å²) in [7, 11) is 1.51. The molecule has 1 aromatic heterocycles. The van der Waals surface area contributed by atoms with Gasteiger partial charge in [0.15, 0.2) is 12.6 Å². The summed E-state index contributed by atoms with van der Waals surface area (Å²) in [5.41, 5.74) is 1.64. The van der Waals surface area contributed by atoms with Crippen molar-refractivity contribution >= 4 is 39.2 Å². The molecule has 0 bridgehead atoms. The Morgan fingerprint density at radius 1 is 1.21 bits per heavy atom. The fourth-order valence-electron chi connectivity index (χ4n) is 3.69. The summed E-state index contributed by atoms with van der Waals surface area (Å²) in [5.74, 6) is 0. The van der Waals surface area contributed by atoms with E-state index >= 15 is 0 Å². The maximum atomic E-state index is 11.7. The zero-order valence-electron chi connectivity index (χ0n) is 18.3. The van der Waals surface area contributed by atoms with Crippen LogP contribution in [0.15, 0.2) is 63.8 Å². The predicted molar refractivity (Wildman–Crippen MR) is 131 cm³/mol. The number of anilines is 1. The van der Waals surface area contributed by atoms with Crippen molar-refractivity contribution in [2.75, 3.05) is 25.6 Å². The lowest BCUT2D eigenvalue weighted by molar-refractivity contribution is -0.290. The maximum absolute atomic E-state index is 11.7. The fraction of sp³-hybridized carbons (Fsp3) is 0.375. The fourth-order valence-corrected chi connectivity index (χ4v) is 4.39. The molecule has 2 N–H and O–H groups in total. The molecule has 3 aromatic rings. The normalized spacial score (nSPS) is 22.7. The van der Waals surface area contributed by atoms with Gasteiger partial charge in [-0.15, -0.1) is 0 Å². The van der Waals surface area contributed by atoms with E-state index in [2.05, 4.69) is 27.9 Å². The van der Waals surface area contributed by atoms with Crippen molar-refractivity contribution in [1.82, 2.24) is 0 Å². The van der Waals surface area contributed by atoms with Gasteiger partial charge < -0.3 is 33.8 Å². The van der Waals surface area contributed by atoms with E-state index in [1.807, 2.05) is 49.4 Å². The van der Waals surface area contributed by atoms with Crippen LogP contribution in [0.3, 0.4) is 0 Å². The number of halogens is 1. The van der Waals surface area contributed by atoms with Crippen LogP contribution < -0.4 is 10.9 Å². The minimum atomic E-state index is -0.776. The van der Waals surface area contributed by atoms with Gasteiger partial charge in [0.2, 0.25) is 0 Å². The number of benzene rings is 2. The molecular weight excluding hydrogens is 541 g/mol. The Kier molecular flexibility index (Phi) is 7.99. The highest BCUT2D eigenvalue weighted by atomic mass is 127. The van der Waals surface area contributed by atoms with Crippen LogP contribution in [0.2, 0.25) is 0 Å². The van der Waals surface area contributed by atoms with Crippen molar-refractivity contribution < 1.29 is 28.5 Å². The molecule has 1 aliphatic rings. The Labute approximate surface area is 204 Å². The first kappa shape index (κ1) is 24.1. The SMILES string of the molecule is CO[C@@H](OC1COC(c2ccccc2)O[C@H]1C)[C@H](CO)Nc1ccc2c(I)cc(=O)oc2c1. The van der Waals surface area contributed by atoms with Gasteiger partial charge >= 0.3 is 5.63 Å². The third-order valence-corrected chi connectivity index (χ3v) is 6.35. The number of ether oxygens (including phenoxy) is 4. The lowest BCUT2D eigenvalue weighted by Crippen LogP contribution is -2.48. The predicted octanol–water partition coefficient (Wildman–Crippen LogP) is 3.66. The van der Waals surface area contributed by atoms with E-state index < -0.39 is 24.2 Å². The minimum absolute atomic E-state index is 0.248. The minimum Gasteiger partial charge on any atom is -0.423 e. The molecule has 0 radical (unpaired) electrons. The Morgan fingerprint density at radius 2 is 2.00 bits per heavy atom. The monoisotopic (exact) mass is 567 g/mol. The second-order valence-electron chi connectivity index (χ2n) is 7.75. The summed E-state index contributed by atoms with van der Waals surface area (Å²) in [5, 5.41) is 14.1. The van der Waals surface area contributed by atoms with Gasteiger partial charge in [-0.2, -0.15) is 0 Å². The lowest BCUT2D eigenvalue weighted by Gasteiger charge is -2.37. The lowest BCUT2D eigenvalue weighted by atomic mass is 10.1. The number of methoxy groups -OCH3 is 1. The van der Waals surface area contributed by atoms with Crippen LogP contribution in [0.5, 0.6) is 0 Å². The average Bonchev–Trinajstić information content (AvgIpc) is 2.82. The van der Waals surface area contributed by atoms with Crippen LogP contribution in [0.1, 0.15) is 18.8 Å². The van der Waals surface area contributed by atoms with Gasteiger partial charge in [-0.05, 0) is 41.6 Å². The largest absolute Gasteiger partial charge is 0.423 e. The van der Waals surface area contributed by atoms with E-state index in [1.165, 1.54) is 13.2 Å². The molecule has 1 saturated heterocycles. The van der Waals surface area contributed by atoms with Crippen LogP contribution in [0.25, 0.3) is 11.0 Å². The van der Waals surface area contributed by atoms with Crippen molar-refractivity contribution in [3.05, 3.63) is 74.2 Å². The van der Waals surface area contributed by atoms with Gasteiger partial charge in [0.1, 0.15) is 17.7 Å². The second kappa shape index (κ2) is 10.9. The van der Waals surface area contributed by atoms with Crippen LogP contribution >= 0.6 is 22.6 Å². The van der Waals surface area contributed by atoms with Crippen molar-refractivity contribution in [2.45, 2.75) is 37.8 Å². The third kappa shape index (κ3) is 5.73. The zero-order chi connectivity index (χ0) is 23.4. The molecule has 5 atom stereocenters. The van der Waals surface area contributed by atoms with Gasteiger partial charge in [-0.25, -0.2) is 4.79 Å². The Balaban J connectivity index is 1.43. The molecule has 4 rings (SSSR count). The molecule has 2 heterocycles. The molecule has 1 fully saturated rings. The average molecular weight is 567 g/mol. The molecule has 33 heavy (non-hydrogen) atoms. The summed E-state index contributed by atoms with van der Waals surface area (Å²) in [6.07, 6.45) is -1.87. The number of rotatable bonds is 8.